The van der Waals surface area contributed by atoms with Crippen molar-refractivity contribution < 1.29 is 14.3 Å². The Morgan fingerprint density at radius 2 is 2.24 bits per heavy atom. The van der Waals surface area contributed by atoms with Gasteiger partial charge in [-0.05, 0) is 25.3 Å². The second-order valence-corrected chi connectivity index (χ2v) is 8.56. The number of carbonyl (C=O) groups excluding carboxylic acids is 2. The summed E-state index contributed by atoms with van der Waals surface area (Å²) in [5.74, 6) is 0.200. The zero-order valence-electron chi connectivity index (χ0n) is 15.9. The molecule has 0 spiro atoms. The first-order chi connectivity index (χ1) is 14.0. The molecule has 0 bridgehead atoms. The van der Waals surface area contributed by atoms with E-state index in [0.29, 0.717) is 27.4 Å². The predicted octanol–water partition coefficient (Wildman–Crippen LogP) is 3.87. The van der Waals surface area contributed by atoms with E-state index in [1.165, 1.54) is 11.8 Å². The first-order valence-corrected chi connectivity index (χ1v) is 11.4. The van der Waals surface area contributed by atoms with Crippen LogP contribution in [0.4, 0.5) is 5.13 Å². The molecule has 0 aliphatic heterocycles. The number of thiophene rings is 1. The lowest BCUT2D eigenvalue weighted by atomic mass is 10.4. The summed E-state index contributed by atoms with van der Waals surface area (Å²) in [6.45, 7) is 8.05. The maximum Gasteiger partial charge on any atom is 0.350 e. The molecule has 0 saturated carbocycles. The Labute approximate surface area is 180 Å². The number of ether oxygens (including phenoxy) is 1. The number of hydrogen-bond donors (Lipinski definition) is 1. The monoisotopic (exact) mass is 449 g/mol. The van der Waals surface area contributed by atoms with Crippen LogP contribution in [0.2, 0.25) is 0 Å². The summed E-state index contributed by atoms with van der Waals surface area (Å²) >= 11 is 3.95. The molecule has 11 heteroatoms. The summed E-state index contributed by atoms with van der Waals surface area (Å²) in [5.41, 5.74) is 0.530. The second-order valence-electron chi connectivity index (χ2n) is 5.67. The Morgan fingerprint density at radius 3 is 2.93 bits per heavy atom. The minimum atomic E-state index is -0.434. The van der Waals surface area contributed by atoms with Gasteiger partial charge in [0.2, 0.25) is 5.91 Å². The summed E-state index contributed by atoms with van der Waals surface area (Å²) in [5, 5.41) is 14.2. The van der Waals surface area contributed by atoms with E-state index in [1.807, 2.05) is 22.1 Å². The van der Waals surface area contributed by atoms with Gasteiger partial charge >= 0.3 is 5.97 Å². The van der Waals surface area contributed by atoms with Gasteiger partial charge in [0.25, 0.3) is 0 Å². The largest absolute Gasteiger partial charge is 0.462 e. The summed E-state index contributed by atoms with van der Waals surface area (Å²) in [4.78, 5) is 29.8. The minimum Gasteiger partial charge on any atom is -0.462 e. The molecule has 0 atom stereocenters. The van der Waals surface area contributed by atoms with Crippen LogP contribution in [-0.4, -0.2) is 44.0 Å². The molecule has 3 aromatic heterocycles. The average molecular weight is 450 g/mol. The van der Waals surface area contributed by atoms with Gasteiger partial charge in [-0.15, -0.1) is 28.1 Å². The Bertz CT molecular complexity index is 1010. The number of carbonyl (C=O) groups is 2. The fourth-order valence-corrected chi connectivity index (χ4v) is 4.74. The number of thioether (sulfide) groups is 1. The lowest BCUT2D eigenvalue weighted by Crippen LogP contribution is -2.14. The summed E-state index contributed by atoms with van der Waals surface area (Å²) in [6, 6.07) is 3.93. The number of allylic oxidation sites excluding steroid dienone is 1. The number of thiazole rings is 1. The number of rotatable bonds is 9. The highest BCUT2D eigenvalue weighted by Gasteiger charge is 2.19. The second kappa shape index (κ2) is 9.81. The molecule has 3 rings (SSSR count). The van der Waals surface area contributed by atoms with Crippen LogP contribution in [-0.2, 0) is 16.1 Å². The molecule has 0 unspecified atom stereocenters. The van der Waals surface area contributed by atoms with Crippen LogP contribution in [0.5, 0.6) is 0 Å². The lowest BCUT2D eigenvalue weighted by Gasteiger charge is -2.06. The highest BCUT2D eigenvalue weighted by atomic mass is 32.2. The molecule has 0 radical (unpaired) electrons. The summed E-state index contributed by atoms with van der Waals surface area (Å²) < 4.78 is 6.91. The van der Waals surface area contributed by atoms with Crippen LogP contribution in [0.1, 0.15) is 22.3 Å². The Hall–Kier alpha value is -2.50. The Kier molecular flexibility index (Phi) is 7.18. The van der Waals surface area contributed by atoms with E-state index in [2.05, 4.69) is 27.1 Å². The zero-order chi connectivity index (χ0) is 20.8. The number of esters is 1. The number of aromatic nitrogens is 4. The topological polar surface area (TPSA) is 99.0 Å². The molecule has 152 valence electrons. The number of hydrogen-bond acceptors (Lipinski definition) is 9. The van der Waals surface area contributed by atoms with Crippen molar-refractivity contribution in [1.29, 1.82) is 0 Å². The smallest absolute Gasteiger partial charge is 0.350 e. The van der Waals surface area contributed by atoms with Gasteiger partial charge < -0.3 is 10.1 Å². The summed E-state index contributed by atoms with van der Waals surface area (Å²) in [7, 11) is 0. The quantitative estimate of drug-likeness (QED) is 0.301. The molecular formula is C18H19N5O3S3. The molecule has 0 aromatic carbocycles. The van der Waals surface area contributed by atoms with Crippen molar-refractivity contribution in [2.45, 2.75) is 25.5 Å². The van der Waals surface area contributed by atoms with Gasteiger partial charge in [-0.1, -0.05) is 35.2 Å². The normalized spacial score (nSPS) is 10.7. The SMILES string of the molecule is C=CCn1c(SCC(=O)Nc2nc(C)c(C(=O)OCC)s2)nnc1-c1cccs1. The van der Waals surface area contributed by atoms with Gasteiger partial charge in [0.1, 0.15) is 4.88 Å². The summed E-state index contributed by atoms with van der Waals surface area (Å²) in [6.07, 6.45) is 1.76. The molecule has 3 heterocycles. The van der Waals surface area contributed by atoms with Crippen molar-refractivity contribution in [3.05, 3.63) is 40.7 Å². The van der Waals surface area contributed by atoms with Crippen molar-refractivity contribution in [1.82, 2.24) is 19.7 Å². The molecule has 29 heavy (non-hydrogen) atoms. The highest BCUT2D eigenvalue weighted by Crippen LogP contribution is 2.28. The molecule has 0 fully saturated rings. The zero-order valence-corrected chi connectivity index (χ0v) is 18.3. The van der Waals surface area contributed by atoms with Crippen LogP contribution in [0.15, 0.2) is 35.3 Å². The van der Waals surface area contributed by atoms with Crippen LogP contribution in [0.25, 0.3) is 10.7 Å². The van der Waals surface area contributed by atoms with Crippen molar-refractivity contribution in [3.8, 4) is 10.7 Å². The molecule has 3 aromatic rings. The Morgan fingerprint density at radius 1 is 1.41 bits per heavy atom. The van der Waals surface area contributed by atoms with Gasteiger partial charge in [0.05, 0.1) is 22.9 Å². The van der Waals surface area contributed by atoms with Crippen LogP contribution >= 0.6 is 34.4 Å². The molecule has 0 aliphatic rings. The first kappa shape index (κ1) is 21.2. The number of nitrogens with zero attached hydrogens (tertiary/aromatic N) is 4. The van der Waals surface area contributed by atoms with Crippen molar-refractivity contribution >= 4 is 51.4 Å². The molecular weight excluding hydrogens is 430 g/mol. The van der Waals surface area contributed by atoms with Crippen molar-refractivity contribution in [2.24, 2.45) is 0 Å². The van der Waals surface area contributed by atoms with Crippen LogP contribution < -0.4 is 5.32 Å². The third kappa shape index (κ3) is 5.11. The van der Waals surface area contributed by atoms with Gasteiger partial charge in [0, 0.05) is 6.54 Å². The Balaban J connectivity index is 1.65. The molecule has 0 aliphatic carbocycles. The predicted molar refractivity (Wildman–Crippen MR) is 116 cm³/mol. The van der Waals surface area contributed by atoms with E-state index < -0.39 is 5.97 Å². The highest BCUT2D eigenvalue weighted by molar-refractivity contribution is 7.99. The molecule has 8 nitrogen and oxygen atoms in total. The van der Waals surface area contributed by atoms with E-state index in [0.717, 1.165) is 22.0 Å². The fourth-order valence-electron chi connectivity index (χ4n) is 2.40. The van der Waals surface area contributed by atoms with Gasteiger partial charge in [-0.2, -0.15) is 0 Å². The third-order valence-corrected chi connectivity index (χ3v) is 6.49. The number of nitrogens with one attached hydrogen (secondary N) is 1. The average Bonchev–Trinajstić information content (AvgIpc) is 3.41. The van der Waals surface area contributed by atoms with Crippen LogP contribution in [0, 0.1) is 6.92 Å². The number of aryl methyl sites for hydroxylation is 1. The maximum atomic E-state index is 12.3. The number of amides is 1. The van der Waals surface area contributed by atoms with Gasteiger partial charge in [-0.3, -0.25) is 9.36 Å². The number of anilines is 1. The molecule has 0 saturated heterocycles. The van der Waals surface area contributed by atoms with E-state index >= 15 is 0 Å². The third-order valence-electron chi connectivity index (χ3n) is 3.61. The minimum absolute atomic E-state index is 0.132. The van der Waals surface area contributed by atoms with E-state index in [-0.39, 0.29) is 18.3 Å². The molecule has 1 N–H and O–H groups in total. The van der Waals surface area contributed by atoms with Crippen molar-refractivity contribution in [3.63, 3.8) is 0 Å². The van der Waals surface area contributed by atoms with E-state index in [9.17, 15) is 9.59 Å². The molecule has 1 amide bonds. The lowest BCUT2D eigenvalue weighted by molar-refractivity contribution is -0.113. The van der Waals surface area contributed by atoms with E-state index in [4.69, 9.17) is 4.74 Å². The first-order valence-electron chi connectivity index (χ1n) is 8.68. The van der Waals surface area contributed by atoms with Gasteiger partial charge in [-0.25, -0.2) is 9.78 Å². The van der Waals surface area contributed by atoms with Gasteiger partial charge in [0.15, 0.2) is 16.1 Å². The van der Waals surface area contributed by atoms with Crippen LogP contribution in [0.3, 0.4) is 0 Å². The maximum absolute atomic E-state index is 12.3. The van der Waals surface area contributed by atoms with E-state index in [1.54, 1.807) is 31.3 Å². The fraction of sp³-hybridized carbons (Fsp3) is 0.278. The van der Waals surface area contributed by atoms with Crippen molar-refractivity contribution in [2.75, 3.05) is 17.7 Å². The standard InChI is InChI=1S/C18H19N5O3S3/c1-4-8-23-15(12-7-6-9-27-12)21-22-18(23)28-10-13(24)20-17-19-11(3)14(29-17)16(25)26-5-2/h4,6-7,9H,1,5,8,10H2,2-3H3,(H,19,20,24).